The van der Waals surface area contributed by atoms with Crippen molar-refractivity contribution in [1.82, 2.24) is 10.2 Å². The Labute approximate surface area is 106 Å². The lowest BCUT2D eigenvalue weighted by atomic mass is 10.1. The fourth-order valence-electron chi connectivity index (χ4n) is 2.28. The molecule has 0 saturated carbocycles. The van der Waals surface area contributed by atoms with E-state index >= 15 is 0 Å². The Morgan fingerprint density at radius 3 is 3.11 bits per heavy atom. The lowest BCUT2D eigenvalue weighted by Crippen LogP contribution is -2.29. The molecule has 0 aliphatic carbocycles. The second-order valence-corrected chi connectivity index (χ2v) is 4.61. The number of ether oxygens (including phenoxy) is 1. The Morgan fingerprint density at radius 1 is 1.33 bits per heavy atom. The van der Waals surface area contributed by atoms with Crippen LogP contribution in [0.15, 0.2) is 36.5 Å². The fourth-order valence-corrected chi connectivity index (χ4v) is 2.28. The summed E-state index contributed by atoms with van der Waals surface area (Å²) >= 11 is 0. The van der Waals surface area contributed by atoms with Crippen molar-refractivity contribution in [3.05, 3.63) is 36.5 Å². The molecule has 94 valence electrons. The molecule has 0 radical (unpaired) electrons. The van der Waals surface area contributed by atoms with Gasteiger partial charge < -0.3 is 10.1 Å². The van der Waals surface area contributed by atoms with Crippen LogP contribution in [0.2, 0.25) is 0 Å². The molecule has 3 rings (SSSR count). The summed E-state index contributed by atoms with van der Waals surface area (Å²) in [6, 6.07) is 10.8. The number of benzene rings is 1. The van der Waals surface area contributed by atoms with Crippen molar-refractivity contribution in [2.24, 2.45) is 0 Å². The third-order valence-corrected chi connectivity index (χ3v) is 3.21. The van der Waals surface area contributed by atoms with Crippen LogP contribution in [0.4, 0.5) is 5.69 Å². The van der Waals surface area contributed by atoms with E-state index in [2.05, 4.69) is 39.8 Å². The van der Waals surface area contributed by atoms with E-state index in [4.69, 9.17) is 4.74 Å². The van der Waals surface area contributed by atoms with Crippen LogP contribution >= 0.6 is 0 Å². The predicted octanol–water partition coefficient (Wildman–Crippen LogP) is 2.67. The summed E-state index contributed by atoms with van der Waals surface area (Å²) in [5, 5.41) is 10.5. The Bertz CT molecular complexity index is 490. The SMILES string of the molecule is c1cc(NC2CCCOC2)cc(-c2ccn[nH]2)c1. The summed E-state index contributed by atoms with van der Waals surface area (Å²) in [6.07, 6.45) is 4.08. The molecule has 1 unspecified atom stereocenters. The monoisotopic (exact) mass is 243 g/mol. The second kappa shape index (κ2) is 5.23. The van der Waals surface area contributed by atoms with E-state index in [1.165, 1.54) is 6.42 Å². The van der Waals surface area contributed by atoms with Gasteiger partial charge >= 0.3 is 0 Å². The molecule has 0 amide bonds. The molecule has 1 aliphatic rings. The van der Waals surface area contributed by atoms with Crippen molar-refractivity contribution in [3.63, 3.8) is 0 Å². The Balaban J connectivity index is 1.74. The van der Waals surface area contributed by atoms with Crippen LogP contribution in [0.25, 0.3) is 11.3 Å². The molecule has 2 N–H and O–H groups in total. The average Bonchev–Trinajstić information content (AvgIpc) is 2.94. The van der Waals surface area contributed by atoms with E-state index < -0.39 is 0 Å². The maximum Gasteiger partial charge on any atom is 0.0667 e. The minimum absolute atomic E-state index is 0.427. The summed E-state index contributed by atoms with van der Waals surface area (Å²) in [6.45, 7) is 1.70. The van der Waals surface area contributed by atoms with Crippen LogP contribution in [0, 0.1) is 0 Å². The Morgan fingerprint density at radius 2 is 2.33 bits per heavy atom. The van der Waals surface area contributed by atoms with Crippen molar-refractivity contribution in [2.45, 2.75) is 18.9 Å². The summed E-state index contributed by atoms with van der Waals surface area (Å²) in [4.78, 5) is 0. The molecule has 1 aliphatic heterocycles. The van der Waals surface area contributed by atoms with Crippen molar-refractivity contribution in [1.29, 1.82) is 0 Å². The number of nitrogens with zero attached hydrogens (tertiary/aromatic N) is 1. The van der Waals surface area contributed by atoms with E-state index in [0.717, 1.165) is 36.6 Å². The first-order valence-corrected chi connectivity index (χ1v) is 6.36. The quantitative estimate of drug-likeness (QED) is 0.871. The molecule has 0 spiro atoms. The number of nitrogens with one attached hydrogen (secondary N) is 2. The average molecular weight is 243 g/mol. The highest BCUT2D eigenvalue weighted by atomic mass is 16.5. The van der Waals surface area contributed by atoms with Gasteiger partial charge in [0.25, 0.3) is 0 Å². The third-order valence-electron chi connectivity index (χ3n) is 3.21. The molecule has 18 heavy (non-hydrogen) atoms. The number of hydrogen-bond acceptors (Lipinski definition) is 3. The van der Waals surface area contributed by atoms with Gasteiger partial charge in [0.05, 0.1) is 12.3 Å². The van der Waals surface area contributed by atoms with Crippen LogP contribution in [0.1, 0.15) is 12.8 Å². The van der Waals surface area contributed by atoms with Gasteiger partial charge in [0.1, 0.15) is 0 Å². The molecule has 4 nitrogen and oxygen atoms in total. The topological polar surface area (TPSA) is 49.9 Å². The normalized spacial score (nSPS) is 19.7. The number of rotatable bonds is 3. The zero-order valence-corrected chi connectivity index (χ0v) is 10.2. The zero-order valence-electron chi connectivity index (χ0n) is 10.2. The zero-order chi connectivity index (χ0) is 12.2. The van der Waals surface area contributed by atoms with Gasteiger partial charge in [0, 0.05) is 30.1 Å². The molecule has 4 heteroatoms. The molecule has 1 saturated heterocycles. The van der Waals surface area contributed by atoms with Crippen LogP contribution < -0.4 is 5.32 Å². The highest BCUT2D eigenvalue weighted by Gasteiger charge is 2.13. The highest BCUT2D eigenvalue weighted by Crippen LogP contribution is 2.22. The maximum absolute atomic E-state index is 5.48. The van der Waals surface area contributed by atoms with Crippen LogP contribution in [-0.2, 0) is 4.74 Å². The molecular weight excluding hydrogens is 226 g/mol. The first kappa shape index (κ1) is 11.3. The van der Waals surface area contributed by atoms with Gasteiger partial charge in [-0.25, -0.2) is 0 Å². The largest absolute Gasteiger partial charge is 0.380 e. The summed E-state index contributed by atoms with van der Waals surface area (Å²) in [5.74, 6) is 0. The molecule has 1 aromatic carbocycles. The predicted molar refractivity (Wildman–Crippen MR) is 71.5 cm³/mol. The van der Waals surface area contributed by atoms with Gasteiger partial charge in [-0.2, -0.15) is 5.10 Å². The van der Waals surface area contributed by atoms with Gasteiger partial charge in [0.15, 0.2) is 0 Å². The first-order chi connectivity index (χ1) is 8.92. The summed E-state index contributed by atoms with van der Waals surface area (Å²) < 4.78 is 5.48. The van der Waals surface area contributed by atoms with E-state index in [9.17, 15) is 0 Å². The summed E-state index contributed by atoms with van der Waals surface area (Å²) in [7, 11) is 0. The lowest BCUT2D eigenvalue weighted by molar-refractivity contribution is 0.0876. The molecule has 0 bridgehead atoms. The summed E-state index contributed by atoms with van der Waals surface area (Å²) in [5.41, 5.74) is 3.32. The number of aromatic amines is 1. The molecule has 1 fully saturated rings. The van der Waals surface area contributed by atoms with E-state index in [0.29, 0.717) is 6.04 Å². The van der Waals surface area contributed by atoms with E-state index in [1.54, 1.807) is 6.20 Å². The van der Waals surface area contributed by atoms with Gasteiger partial charge in [0.2, 0.25) is 0 Å². The Kier molecular flexibility index (Phi) is 3.28. The van der Waals surface area contributed by atoms with Gasteiger partial charge in [-0.15, -0.1) is 0 Å². The van der Waals surface area contributed by atoms with Crippen LogP contribution in [0.5, 0.6) is 0 Å². The number of aromatic nitrogens is 2. The lowest BCUT2D eigenvalue weighted by Gasteiger charge is -2.24. The third kappa shape index (κ3) is 2.54. The van der Waals surface area contributed by atoms with E-state index in [-0.39, 0.29) is 0 Å². The number of H-pyrrole nitrogens is 1. The smallest absolute Gasteiger partial charge is 0.0667 e. The molecule has 2 aromatic rings. The van der Waals surface area contributed by atoms with Gasteiger partial charge in [-0.3, -0.25) is 5.10 Å². The van der Waals surface area contributed by atoms with Gasteiger partial charge in [-0.1, -0.05) is 12.1 Å². The minimum atomic E-state index is 0.427. The number of anilines is 1. The molecule has 1 aromatic heterocycles. The van der Waals surface area contributed by atoms with Crippen molar-refractivity contribution in [2.75, 3.05) is 18.5 Å². The van der Waals surface area contributed by atoms with Crippen molar-refractivity contribution >= 4 is 5.69 Å². The van der Waals surface area contributed by atoms with E-state index in [1.807, 2.05) is 6.07 Å². The Hall–Kier alpha value is -1.81. The fraction of sp³-hybridized carbons (Fsp3) is 0.357. The highest BCUT2D eigenvalue weighted by molar-refractivity contribution is 5.64. The standard InChI is InChI=1S/C14H17N3O/c1-3-11(14-6-7-15-17-14)9-12(4-1)16-13-5-2-8-18-10-13/h1,3-4,6-7,9,13,16H,2,5,8,10H2,(H,15,17). The van der Waals surface area contributed by atoms with Gasteiger partial charge in [-0.05, 0) is 31.0 Å². The van der Waals surface area contributed by atoms with Crippen LogP contribution in [-0.4, -0.2) is 29.5 Å². The molecular formula is C14H17N3O. The van der Waals surface area contributed by atoms with Crippen molar-refractivity contribution in [3.8, 4) is 11.3 Å². The second-order valence-electron chi connectivity index (χ2n) is 4.61. The molecule has 2 heterocycles. The minimum Gasteiger partial charge on any atom is -0.380 e. The number of hydrogen-bond donors (Lipinski definition) is 2. The molecule has 1 atom stereocenters. The first-order valence-electron chi connectivity index (χ1n) is 6.36. The maximum atomic E-state index is 5.48. The van der Waals surface area contributed by atoms with Crippen molar-refractivity contribution < 1.29 is 4.74 Å². The van der Waals surface area contributed by atoms with Crippen LogP contribution in [0.3, 0.4) is 0 Å².